The Kier molecular flexibility index (Phi) is 5.79. The maximum absolute atomic E-state index is 12.2. The molecule has 3 aromatic rings. The molecule has 28 heavy (non-hydrogen) atoms. The van der Waals surface area contributed by atoms with Crippen molar-refractivity contribution in [2.75, 3.05) is 0 Å². The molecule has 0 radical (unpaired) electrons. The molecule has 3 nitrogen and oxygen atoms in total. The van der Waals surface area contributed by atoms with E-state index in [2.05, 4.69) is 4.74 Å². The highest BCUT2D eigenvalue weighted by Gasteiger charge is 2.30. The molecule has 0 saturated carbocycles. The van der Waals surface area contributed by atoms with Crippen LogP contribution in [0.2, 0.25) is 0 Å². The number of hydrogen-bond donors (Lipinski definition) is 0. The number of ketones is 1. The molecular weight excluding hydrogens is 369 g/mol. The van der Waals surface area contributed by atoms with Crippen LogP contribution in [0.1, 0.15) is 15.9 Å². The summed E-state index contributed by atoms with van der Waals surface area (Å²) in [6.45, 7) is 0. The molecule has 0 aromatic heterocycles. The van der Waals surface area contributed by atoms with Crippen molar-refractivity contribution in [1.82, 2.24) is 0 Å². The third-order valence-electron chi connectivity index (χ3n) is 3.64. The summed E-state index contributed by atoms with van der Waals surface area (Å²) in [5.41, 5.74) is 1.00. The summed E-state index contributed by atoms with van der Waals surface area (Å²) >= 11 is 0. The molecule has 6 heteroatoms. The summed E-state index contributed by atoms with van der Waals surface area (Å²) in [5, 5.41) is 0. The molecule has 0 aliphatic heterocycles. The van der Waals surface area contributed by atoms with Crippen LogP contribution >= 0.6 is 0 Å². The van der Waals surface area contributed by atoms with Gasteiger partial charge in [-0.1, -0.05) is 36.4 Å². The quantitative estimate of drug-likeness (QED) is 0.371. The van der Waals surface area contributed by atoms with Crippen molar-refractivity contribution in [1.29, 1.82) is 0 Å². The van der Waals surface area contributed by atoms with Crippen LogP contribution in [0.4, 0.5) is 13.2 Å². The number of para-hydroxylation sites is 1. The van der Waals surface area contributed by atoms with Gasteiger partial charge in [-0.15, -0.1) is 13.2 Å². The van der Waals surface area contributed by atoms with Gasteiger partial charge in [0.15, 0.2) is 5.78 Å². The first-order valence-corrected chi connectivity index (χ1v) is 8.30. The molecule has 0 amide bonds. The summed E-state index contributed by atoms with van der Waals surface area (Å²) in [7, 11) is 0. The van der Waals surface area contributed by atoms with Crippen LogP contribution in [0, 0.1) is 0 Å². The Morgan fingerprint density at radius 3 is 2.14 bits per heavy atom. The molecule has 0 unspecified atom stereocenters. The van der Waals surface area contributed by atoms with Crippen molar-refractivity contribution in [3.05, 3.63) is 96.1 Å². The van der Waals surface area contributed by atoms with E-state index in [1.165, 1.54) is 18.2 Å². The standard InChI is InChI=1S/C22H15F3O3/c23-22(24,25)28-19-12-10-17(11-13-19)21(26)14-9-16-5-4-8-20(15-16)27-18-6-2-1-3-7-18/h1-15H/b14-9+. The first kappa shape index (κ1) is 19.2. The molecule has 0 aliphatic carbocycles. The minimum absolute atomic E-state index is 0.252. The first-order valence-electron chi connectivity index (χ1n) is 8.30. The van der Waals surface area contributed by atoms with E-state index in [0.29, 0.717) is 11.5 Å². The third kappa shape index (κ3) is 5.74. The Morgan fingerprint density at radius 1 is 0.786 bits per heavy atom. The molecule has 3 aromatic carbocycles. The average Bonchev–Trinajstić information content (AvgIpc) is 2.66. The Balaban J connectivity index is 1.66. The van der Waals surface area contributed by atoms with Crippen LogP contribution in [-0.4, -0.2) is 12.1 Å². The molecule has 0 N–H and O–H groups in total. The molecule has 0 atom stereocenters. The lowest BCUT2D eigenvalue weighted by Crippen LogP contribution is -2.17. The molecule has 0 aliphatic rings. The average molecular weight is 384 g/mol. The second-order valence-corrected chi connectivity index (χ2v) is 5.76. The Bertz CT molecular complexity index is 962. The Labute approximate surface area is 159 Å². The van der Waals surface area contributed by atoms with E-state index in [4.69, 9.17) is 4.74 Å². The van der Waals surface area contributed by atoms with Crippen molar-refractivity contribution >= 4 is 11.9 Å². The molecule has 0 saturated heterocycles. The van der Waals surface area contributed by atoms with Crippen molar-refractivity contribution in [3.8, 4) is 17.2 Å². The summed E-state index contributed by atoms with van der Waals surface area (Å²) in [6, 6.07) is 21.2. The normalized spacial score (nSPS) is 11.4. The summed E-state index contributed by atoms with van der Waals surface area (Å²) in [4.78, 5) is 12.2. The molecule has 142 valence electrons. The lowest BCUT2D eigenvalue weighted by Gasteiger charge is -2.08. The first-order chi connectivity index (χ1) is 13.4. The van der Waals surface area contributed by atoms with Crippen LogP contribution in [0.15, 0.2) is 84.9 Å². The number of benzene rings is 3. The lowest BCUT2D eigenvalue weighted by molar-refractivity contribution is -0.274. The number of alkyl halides is 3. The zero-order chi connectivity index (χ0) is 20.0. The number of halogens is 3. The van der Waals surface area contributed by atoms with Gasteiger partial charge in [0.2, 0.25) is 0 Å². The van der Waals surface area contributed by atoms with Crippen molar-refractivity contribution in [3.63, 3.8) is 0 Å². The number of carbonyl (C=O) groups is 1. The van der Waals surface area contributed by atoms with Crippen molar-refractivity contribution < 1.29 is 27.4 Å². The highest BCUT2D eigenvalue weighted by Crippen LogP contribution is 2.24. The fourth-order valence-electron chi connectivity index (χ4n) is 2.40. The van der Waals surface area contributed by atoms with E-state index in [9.17, 15) is 18.0 Å². The maximum atomic E-state index is 12.2. The molecule has 0 heterocycles. The van der Waals surface area contributed by atoms with Gasteiger partial charge in [0, 0.05) is 5.56 Å². The molecular formula is C22H15F3O3. The van der Waals surface area contributed by atoms with Gasteiger partial charge in [-0.2, -0.15) is 0 Å². The van der Waals surface area contributed by atoms with Crippen LogP contribution in [0.3, 0.4) is 0 Å². The number of carbonyl (C=O) groups excluding carboxylic acids is 1. The zero-order valence-electron chi connectivity index (χ0n) is 14.5. The van der Waals surface area contributed by atoms with Gasteiger partial charge in [-0.05, 0) is 60.2 Å². The SMILES string of the molecule is O=C(/C=C/c1cccc(Oc2ccccc2)c1)c1ccc(OC(F)(F)F)cc1. The monoisotopic (exact) mass is 384 g/mol. The highest BCUT2D eigenvalue weighted by atomic mass is 19.4. The Hall–Kier alpha value is -3.54. The molecule has 0 fully saturated rings. The second kappa shape index (κ2) is 8.43. The van der Waals surface area contributed by atoms with E-state index in [1.54, 1.807) is 24.3 Å². The van der Waals surface area contributed by atoms with Gasteiger partial charge in [-0.25, -0.2) is 0 Å². The number of ether oxygens (including phenoxy) is 2. The molecule has 0 spiro atoms. The van der Waals surface area contributed by atoms with Gasteiger partial charge < -0.3 is 9.47 Å². The van der Waals surface area contributed by atoms with E-state index >= 15 is 0 Å². The second-order valence-electron chi connectivity index (χ2n) is 5.76. The van der Waals surface area contributed by atoms with Crippen molar-refractivity contribution in [2.45, 2.75) is 6.36 Å². The number of allylic oxidation sites excluding steroid dienone is 1. The zero-order valence-corrected chi connectivity index (χ0v) is 14.5. The summed E-state index contributed by atoms with van der Waals surface area (Å²) in [5.74, 6) is 0.599. The summed E-state index contributed by atoms with van der Waals surface area (Å²) < 4.78 is 46.0. The smallest absolute Gasteiger partial charge is 0.457 e. The minimum Gasteiger partial charge on any atom is -0.457 e. The van der Waals surface area contributed by atoms with Crippen LogP contribution in [0.25, 0.3) is 6.08 Å². The van der Waals surface area contributed by atoms with Gasteiger partial charge >= 0.3 is 6.36 Å². The van der Waals surface area contributed by atoms with E-state index < -0.39 is 6.36 Å². The fourth-order valence-corrected chi connectivity index (χ4v) is 2.40. The fraction of sp³-hybridized carbons (Fsp3) is 0.0455. The highest BCUT2D eigenvalue weighted by molar-refractivity contribution is 6.06. The van der Waals surface area contributed by atoms with Gasteiger partial charge in [0.05, 0.1) is 0 Å². The van der Waals surface area contributed by atoms with Crippen LogP contribution < -0.4 is 9.47 Å². The predicted octanol–water partition coefficient (Wildman–Crippen LogP) is 6.27. The molecule has 0 bridgehead atoms. The topological polar surface area (TPSA) is 35.5 Å². The van der Waals surface area contributed by atoms with Gasteiger partial charge in [-0.3, -0.25) is 4.79 Å². The Morgan fingerprint density at radius 2 is 1.46 bits per heavy atom. The third-order valence-corrected chi connectivity index (χ3v) is 3.64. The van der Waals surface area contributed by atoms with E-state index in [1.807, 2.05) is 36.4 Å². The van der Waals surface area contributed by atoms with Gasteiger partial charge in [0.1, 0.15) is 17.2 Å². The van der Waals surface area contributed by atoms with Crippen LogP contribution in [-0.2, 0) is 0 Å². The molecule has 3 rings (SSSR count). The summed E-state index contributed by atoms with van der Waals surface area (Å²) in [6.07, 6.45) is -1.81. The van der Waals surface area contributed by atoms with Crippen LogP contribution in [0.5, 0.6) is 17.2 Å². The van der Waals surface area contributed by atoms with E-state index in [0.717, 1.165) is 17.7 Å². The predicted molar refractivity (Wildman–Crippen MR) is 99.4 cm³/mol. The van der Waals surface area contributed by atoms with E-state index in [-0.39, 0.29) is 17.1 Å². The number of rotatable bonds is 6. The maximum Gasteiger partial charge on any atom is 0.573 e. The van der Waals surface area contributed by atoms with Crippen molar-refractivity contribution in [2.24, 2.45) is 0 Å². The van der Waals surface area contributed by atoms with Gasteiger partial charge in [0.25, 0.3) is 0 Å². The largest absolute Gasteiger partial charge is 0.573 e. The number of hydrogen-bond acceptors (Lipinski definition) is 3. The lowest BCUT2D eigenvalue weighted by atomic mass is 10.1. The minimum atomic E-state index is -4.77.